The molecular formula is C8H19NO. The van der Waals surface area contributed by atoms with Crippen LogP contribution in [0.5, 0.6) is 0 Å². The maximum atomic E-state index is 4.97. The molecule has 1 aliphatic rings. The van der Waals surface area contributed by atoms with Crippen molar-refractivity contribution >= 4 is 0 Å². The first-order valence-corrected chi connectivity index (χ1v) is 4.00. The topological polar surface area (TPSA) is 12.5 Å². The van der Waals surface area contributed by atoms with Crippen LogP contribution in [0.4, 0.5) is 0 Å². The van der Waals surface area contributed by atoms with E-state index in [0.29, 0.717) is 0 Å². The first kappa shape index (κ1) is 9.92. The molecule has 0 saturated carbocycles. The predicted molar refractivity (Wildman–Crippen MR) is 44.2 cm³/mol. The van der Waals surface area contributed by atoms with Crippen LogP contribution in [0.15, 0.2) is 0 Å². The molecule has 0 aromatic carbocycles. The summed E-state index contributed by atoms with van der Waals surface area (Å²) in [5.74, 6) is 0.810. The molecule has 0 atom stereocenters. The van der Waals surface area contributed by atoms with Crippen molar-refractivity contribution in [1.82, 2.24) is 4.90 Å². The number of hydrogen-bond donors (Lipinski definition) is 0. The first-order valence-electron chi connectivity index (χ1n) is 4.00. The van der Waals surface area contributed by atoms with Gasteiger partial charge in [0.25, 0.3) is 0 Å². The Balaban J connectivity index is 0.000000371. The van der Waals surface area contributed by atoms with E-state index in [9.17, 15) is 0 Å². The molecule has 2 nitrogen and oxygen atoms in total. The van der Waals surface area contributed by atoms with E-state index in [-0.39, 0.29) is 0 Å². The average molecular weight is 145 g/mol. The minimum Gasteiger partial charge on any atom is -0.384 e. The van der Waals surface area contributed by atoms with Gasteiger partial charge >= 0.3 is 0 Å². The summed E-state index contributed by atoms with van der Waals surface area (Å²) >= 11 is 0. The third-order valence-corrected chi connectivity index (χ3v) is 1.54. The van der Waals surface area contributed by atoms with Gasteiger partial charge in [-0.2, -0.15) is 0 Å². The van der Waals surface area contributed by atoms with Crippen molar-refractivity contribution in [1.29, 1.82) is 0 Å². The second-order valence-corrected chi connectivity index (χ2v) is 2.54. The highest BCUT2D eigenvalue weighted by Gasteiger charge is 2.21. The standard InChI is InChI=1S/C6H13NO.C2H6/c1-7-3-6(4-7)5-8-2;1-2/h6H,3-5H2,1-2H3;1-2H3. The van der Waals surface area contributed by atoms with E-state index in [1.165, 1.54) is 13.1 Å². The van der Waals surface area contributed by atoms with Crippen LogP contribution in [-0.4, -0.2) is 38.8 Å². The lowest BCUT2D eigenvalue weighted by molar-refractivity contribution is 0.0516. The van der Waals surface area contributed by atoms with Gasteiger partial charge in [0, 0.05) is 26.1 Å². The lowest BCUT2D eigenvalue weighted by Crippen LogP contribution is -2.45. The lowest BCUT2D eigenvalue weighted by atomic mass is 10.0. The second kappa shape index (κ2) is 5.69. The fourth-order valence-electron chi connectivity index (χ4n) is 1.17. The highest BCUT2D eigenvalue weighted by molar-refractivity contribution is 4.75. The first-order chi connectivity index (χ1) is 4.83. The van der Waals surface area contributed by atoms with E-state index in [2.05, 4.69) is 11.9 Å². The molecule has 1 rings (SSSR count). The minimum absolute atomic E-state index is 0.810. The largest absolute Gasteiger partial charge is 0.384 e. The highest BCUT2D eigenvalue weighted by Crippen LogP contribution is 2.11. The van der Waals surface area contributed by atoms with Gasteiger partial charge in [0.1, 0.15) is 0 Å². The van der Waals surface area contributed by atoms with Crippen molar-refractivity contribution in [3.8, 4) is 0 Å². The summed E-state index contributed by atoms with van der Waals surface area (Å²) < 4.78 is 4.97. The van der Waals surface area contributed by atoms with Crippen LogP contribution in [0.1, 0.15) is 13.8 Å². The summed E-state index contributed by atoms with van der Waals surface area (Å²) in [6, 6.07) is 0. The molecule has 0 aliphatic carbocycles. The summed E-state index contributed by atoms with van der Waals surface area (Å²) in [7, 11) is 3.89. The van der Waals surface area contributed by atoms with Crippen LogP contribution >= 0.6 is 0 Å². The molecule has 0 N–H and O–H groups in total. The van der Waals surface area contributed by atoms with Crippen molar-refractivity contribution in [3.05, 3.63) is 0 Å². The molecule has 10 heavy (non-hydrogen) atoms. The van der Waals surface area contributed by atoms with Gasteiger partial charge in [-0.25, -0.2) is 0 Å². The van der Waals surface area contributed by atoms with E-state index in [1.54, 1.807) is 7.11 Å². The van der Waals surface area contributed by atoms with Gasteiger partial charge in [0.15, 0.2) is 0 Å². The van der Waals surface area contributed by atoms with Gasteiger partial charge in [-0.15, -0.1) is 0 Å². The van der Waals surface area contributed by atoms with Crippen molar-refractivity contribution in [2.24, 2.45) is 5.92 Å². The molecular weight excluding hydrogens is 126 g/mol. The molecule has 62 valence electrons. The third kappa shape index (κ3) is 3.18. The van der Waals surface area contributed by atoms with Crippen molar-refractivity contribution in [2.75, 3.05) is 33.9 Å². The van der Waals surface area contributed by atoms with Crippen LogP contribution in [0.3, 0.4) is 0 Å². The van der Waals surface area contributed by atoms with E-state index in [1.807, 2.05) is 13.8 Å². The Morgan fingerprint density at radius 3 is 2.20 bits per heavy atom. The number of methoxy groups -OCH3 is 1. The summed E-state index contributed by atoms with van der Waals surface area (Å²) in [5.41, 5.74) is 0. The minimum atomic E-state index is 0.810. The number of ether oxygens (including phenoxy) is 1. The molecule has 1 heterocycles. The Hall–Kier alpha value is -0.0800. The van der Waals surface area contributed by atoms with Crippen LogP contribution in [0, 0.1) is 5.92 Å². The lowest BCUT2D eigenvalue weighted by Gasteiger charge is -2.35. The van der Waals surface area contributed by atoms with Crippen LogP contribution in [-0.2, 0) is 4.74 Å². The van der Waals surface area contributed by atoms with Gasteiger partial charge in [-0.1, -0.05) is 13.8 Å². The van der Waals surface area contributed by atoms with Gasteiger partial charge in [0.05, 0.1) is 6.61 Å². The maximum Gasteiger partial charge on any atom is 0.0515 e. The smallest absolute Gasteiger partial charge is 0.0515 e. The van der Waals surface area contributed by atoms with E-state index >= 15 is 0 Å². The van der Waals surface area contributed by atoms with Crippen LogP contribution < -0.4 is 0 Å². The molecule has 2 heteroatoms. The summed E-state index contributed by atoms with van der Waals surface area (Å²) in [6.45, 7) is 7.37. The molecule has 0 spiro atoms. The third-order valence-electron chi connectivity index (χ3n) is 1.54. The summed E-state index contributed by atoms with van der Waals surface area (Å²) in [5, 5.41) is 0. The van der Waals surface area contributed by atoms with Crippen LogP contribution in [0.25, 0.3) is 0 Å². The van der Waals surface area contributed by atoms with E-state index in [0.717, 1.165) is 12.5 Å². The number of rotatable bonds is 2. The Kier molecular flexibility index (Phi) is 5.64. The molecule has 1 saturated heterocycles. The number of hydrogen-bond acceptors (Lipinski definition) is 2. The van der Waals surface area contributed by atoms with E-state index < -0.39 is 0 Å². The van der Waals surface area contributed by atoms with Gasteiger partial charge in [-0.3, -0.25) is 0 Å². The fraction of sp³-hybridized carbons (Fsp3) is 1.00. The van der Waals surface area contributed by atoms with Crippen molar-refractivity contribution in [2.45, 2.75) is 13.8 Å². The van der Waals surface area contributed by atoms with Crippen molar-refractivity contribution < 1.29 is 4.74 Å². The molecule has 1 fully saturated rings. The zero-order valence-electron chi connectivity index (χ0n) is 7.55. The Bertz CT molecular complexity index is 66.9. The molecule has 0 amide bonds. The molecule has 0 aromatic heterocycles. The fourth-order valence-corrected chi connectivity index (χ4v) is 1.17. The average Bonchev–Trinajstić information content (AvgIpc) is 1.90. The molecule has 0 radical (unpaired) electrons. The van der Waals surface area contributed by atoms with E-state index in [4.69, 9.17) is 4.74 Å². The normalized spacial score (nSPS) is 19.2. The zero-order chi connectivity index (χ0) is 7.98. The van der Waals surface area contributed by atoms with Gasteiger partial charge in [0.2, 0.25) is 0 Å². The molecule has 1 aliphatic heterocycles. The number of nitrogens with zero attached hydrogens (tertiary/aromatic N) is 1. The monoisotopic (exact) mass is 145 g/mol. The Labute approximate surface area is 64.2 Å². The zero-order valence-corrected chi connectivity index (χ0v) is 7.55. The van der Waals surface area contributed by atoms with Crippen LogP contribution in [0.2, 0.25) is 0 Å². The SMILES string of the molecule is CC.COCC1CN(C)C1. The maximum absolute atomic E-state index is 4.97. The predicted octanol–water partition coefficient (Wildman–Crippen LogP) is 1.22. The Morgan fingerprint density at radius 1 is 1.40 bits per heavy atom. The highest BCUT2D eigenvalue weighted by atomic mass is 16.5. The summed E-state index contributed by atoms with van der Waals surface area (Å²) in [6.07, 6.45) is 0. The van der Waals surface area contributed by atoms with Gasteiger partial charge in [-0.05, 0) is 7.05 Å². The number of likely N-dealkylation sites (tertiary alicyclic amines) is 1. The molecule has 0 bridgehead atoms. The Morgan fingerprint density at radius 2 is 1.90 bits per heavy atom. The summed E-state index contributed by atoms with van der Waals surface area (Å²) in [4.78, 5) is 2.30. The van der Waals surface area contributed by atoms with Gasteiger partial charge < -0.3 is 9.64 Å². The molecule has 0 unspecified atom stereocenters. The second-order valence-electron chi connectivity index (χ2n) is 2.54. The molecule has 0 aromatic rings. The van der Waals surface area contributed by atoms with Crippen molar-refractivity contribution in [3.63, 3.8) is 0 Å². The quantitative estimate of drug-likeness (QED) is 0.579.